The van der Waals surface area contributed by atoms with Crippen LogP contribution in [-0.2, 0) is 0 Å². The summed E-state index contributed by atoms with van der Waals surface area (Å²) in [6.07, 6.45) is 2.47. The molecule has 0 saturated carbocycles. The molecule has 2 nitrogen and oxygen atoms in total. The molecule has 0 radical (unpaired) electrons. The van der Waals surface area contributed by atoms with Crippen LogP contribution in [0.25, 0.3) is 0 Å². The number of hydrogen-bond donors (Lipinski definition) is 1. The van der Waals surface area contributed by atoms with Gasteiger partial charge in [-0.25, -0.2) is 0 Å². The van der Waals surface area contributed by atoms with Gasteiger partial charge in [0.05, 0.1) is 0 Å². The van der Waals surface area contributed by atoms with Crippen LogP contribution >= 0.6 is 0 Å². The summed E-state index contributed by atoms with van der Waals surface area (Å²) in [6, 6.07) is 9.44. The Hall–Kier alpha value is -0.860. The quantitative estimate of drug-likeness (QED) is 0.881. The molecule has 0 aromatic heterocycles. The van der Waals surface area contributed by atoms with E-state index in [1.807, 2.05) is 0 Å². The predicted molar refractivity (Wildman–Crippen MR) is 77.9 cm³/mol. The van der Waals surface area contributed by atoms with Gasteiger partial charge in [-0.15, -0.1) is 0 Å². The molecule has 2 rings (SSSR count). The molecule has 1 aromatic rings. The van der Waals surface area contributed by atoms with Crippen LogP contribution in [0.15, 0.2) is 24.3 Å². The first-order chi connectivity index (χ1) is 8.54. The van der Waals surface area contributed by atoms with Crippen LogP contribution in [0.5, 0.6) is 0 Å². The van der Waals surface area contributed by atoms with E-state index in [2.05, 4.69) is 62.3 Å². The molecule has 1 unspecified atom stereocenters. The molecule has 0 bridgehead atoms. The van der Waals surface area contributed by atoms with E-state index in [9.17, 15) is 0 Å². The lowest BCUT2D eigenvalue weighted by atomic mass is 9.88. The maximum absolute atomic E-state index is 3.46. The zero-order chi connectivity index (χ0) is 13.2. The lowest BCUT2D eigenvalue weighted by Crippen LogP contribution is -2.50. The second-order valence-corrected chi connectivity index (χ2v) is 5.94. The van der Waals surface area contributed by atoms with Crippen molar-refractivity contribution in [2.75, 3.05) is 20.1 Å². The van der Waals surface area contributed by atoms with Crippen LogP contribution in [0.3, 0.4) is 0 Å². The van der Waals surface area contributed by atoms with E-state index in [4.69, 9.17) is 0 Å². The van der Waals surface area contributed by atoms with E-state index >= 15 is 0 Å². The summed E-state index contributed by atoms with van der Waals surface area (Å²) >= 11 is 0. The van der Waals surface area contributed by atoms with Crippen molar-refractivity contribution in [2.24, 2.45) is 0 Å². The first-order valence-electron chi connectivity index (χ1n) is 7.04. The number of hydrogen-bond acceptors (Lipinski definition) is 2. The Labute approximate surface area is 111 Å². The summed E-state index contributed by atoms with van der Waals surface area (Å²) in [6.45, 7) is 9.21. The Morgan fingerprint density at radius 1 is 1.28 bits per heavy atom. The van der Waals surface area contributed by atoms with Gasteiger partial charge >= 0.3 is 0 Å². The van der Waals surface area contributed by atoms with E-state index in [1.165, 1.54) is 37.1 Å². The van der Waals surface area contributed by atoms with Crippen LogP contribution in [0, 0.1) is 6.92 Å². The number of likely N-dealkylation sites (tertiary alicyclic amines) is 1. The van der Waals surface area contributed by atoms with Crippen LogP contribution < -0.4 is 5.32 Å². The van der Waals surface area contributed by atoms with Crippen molar-refractivity contribution in [1.82, 2.24) is 10.2 Å². The minimum Gasteiger partial charge on any atom is -0.314 e. The predicted octanol–water partition coefficient (Wildman–Crippen LogP) is 3.13. The average molecular weight is 246 g/mol. The molecule has 2 heteroatoms. The van der Waals surface area contributed by atoms with Gasteiger partial charge in [0.1, 0.15) is 0 Å². The molecule has 0 amide bonds. The molecule has 1 heterocycles. The fourth-order valence-electron chi connectivity index (χ4n) is 2.80. The second-order valence-electron chi connectivity index (χ2n) is 5.94. The summed E-state index contributed by atoms with van der Waals surface area (Å²) in [7, 11) is 2.08. The summed E-state index contributed by atoms with van der Waals surface area (Å²) in [5.74, 6) is 0. The summed E-state index contributed by atoms with van der Waals surface area (Å²) in [5, 5.41) is 3.46. The Kier molecular flexibility index (Phi) is 4.08. The maximum atomic E-state index is 3.46. The molecule has 1 fully saturated rings. The van der Waals surface area contributed by atoms with E-state index in [0.29, 0.717) is 11.6 Å². The Bertz CT molecular complexity index is 392. The van der Waals surface area contributed by atoms with Gasteiger partial charge in [0.15, 0.2) is 0 Å². The van der Waals surface area contributed by atoms with Crippen LogP contribution in [-0.4, -0.2) is 30.6 Å². The van der Waals surface area contributed by atoms with Crippen molar-refractivity contribution in [1.29, 1.82) is 0 Å². The lowest BCUT2D eigenvalue weighted by Gasteiger charge is -2.42. The number of nitrogens with one attached hydrogen (secondary N) is 1. The lowest BCUT2D eigenvalue weighted by molar-refractivity contribution is 0.117. The van der Waals surface area contributed by atoms with Gasteiger partial charge in [0.2, 0.25) is 0 Å². The van der Waals surface area contributed by atoms with Crippen molar-refractivity contribution in [3.8, 4) is 0 Å². The number of piperidine rings is 1. The highest BCUT2D eigenvalue weighted by Crippen LogP contribution is 2.28. The third-order valence-corrected chi connectivity index (χ3v) is 4.58. The Morgan fingerprint density at radius 3 is 2.50 bits per heavy atom. The summed E-state index contributed by atoms with van der Waals surface area (Å²) in [4.78, 5) is 2.61. The van der Waals surface area contributed by atoms with Gasteiger partial charge in [-0.05, 0) is 46.2 Å². The van der Waals surface area contributed by atoms with Gasteiger partial charge in [-0.1, -0.05) is 29.8 Å². The molecule has 100 valence electrons. The molecule has 1 aliphatic rings. The molecule has 1 N–H and O–H groups in total. The van der Waals surface area contributed by atoms with Crippen molar-refractivity contribution < 1.29 is 0 Å². The smallest absolute Gasteiger partial charge is 0.0320 e. The fraction of sp³-hybridized carbons (Fsp3) is 0.625. The monoisotopic (exact) mass is 246 g/mol. The molecule has 0 spiro atoms. The SMILES string of the molecule is CNC1(C)CCN(C(C)c2cccc(C)c2)CC1. The number of aryl methyl sites for hydroxylation is 1. The summed E-state index contributed by atoms with van der Waals surface area (Å²) < 4.78 is 0. The molecule has 0 aliphatic carbocycles. The number of nitrogens with zero attached hydrogens (tertiary/aromatic N) is 1. The van der Waals surface area contributed by atoms with Gasteiger partial charge < -0.3 is 5.32 Å². The molecule has 18 heavy (non-hydrogen) atoms. The second kappa shape index (κ2) is 5.41. The van der Waals surface area contributed by atoms with Gasteiger partial charge in [0.25, 0.3) is 0 Å². The molecule has 1 aliphatic heterocycles. The molecular weight excluding hydrogens is 220 g/mol. The summed E-state index contributed by atoms with van der Waals surface area (Å²) in [5.41, 5.74) is 3.14. The van der Waals surface area contributed by atoms with E-state index in [0.717, 1.165) is 0 Å². The third-order valence-electron chi connectivity index (χ3n) is 4.58. The third kappa shape index (κ3) is 2.93. The standard InChI is InChI=1S/C16H26N2/c1-13-6-5-7-15(12-13)14(2)18-10-8-16(3,17-4)9-11-18/h5-7,12,14,17H,8-11H2,1-4H3. The first-order valence-corrected chi connectivity index (χ1v) is 7.04. The minimum atomic E-state index is 0.336. The highest BCUT2D eigenvalue weighted by Gasteiger charge is 2.30. The number of benzene rings is 1. The van der Waals surface area contributed by atoms with Crippen molar-refractivity contribution in [2.45, 2.75) is 45.2 Å². The molecule has 1 atom stereocenters. The van der Waals surface area contributed by atoms with Crippen LogP contribution in [0.2, 0.25) is 0 Å². The van der Waals surface area contributed by atoms with Crippen molar-refractivity contribution in [3.05, 3.63) is 35.4 Å². The fourth-order valence-corrected chi connectivity index (χ4v) is 2.80. The van der Waals surface area contributed by atoms with E-state index < -0.39 is 0 Å². The Morgan fingerprint density at radius 2 is 1.94 bits per heavy atom. The molecular formula is C16H26N2. The highest BCUT2D eigenvalue weighted by molar-refractivity contribution is 5.24. The van der Waals surface area contributed by atoms with E-state index in [-0.39, 0.29) is 0 Å². The van der Waals surface area contributed by atoms with E-state index in [1.54, 1.807) is 0 Å². The van der Waals surface area contributed by atoms with Crippen LogP contribution in [0.1, 0.15) is 43.9 Å². The van der Waals surface area contributed by atoms with Crippen molar-refractivity contribution in [3.63, 3.8) is 0 Å². The highest BCUT2D eigenvalue weighted by atomic mass is 15.2. The average Bonchev–Trinajstić information content (AvgIpc) is 2.39. The van der Waals surface area contributed by atoms with Crippen LogP contribution in [0.4, 0.5) is 0 Å². The zero-order valence-electron chi connectivity index (χ0n) is 12.2. The topological polar surface area (TPSA) is 15.3 Å². The maximum Gasteiger partial charge on any atom is 0.0320 e. The minimum absolute atomic E-state index is 0.336. The molecule has 1 saturated heterocycles. The van der Waals surface area contributed by atoms with Crippen molar-refractivity contribution >= 4 is 0 Å². The zero-order valence-corrected chi connectivity index (χ0v) is 12.2. The molecule has 1 aromatic carbocycles. The van der Waals surface area contributed by atoms with Gasteiger partial charge in [-0.2, -0.15) is 0 Å². The van der Waals surface area contributed by atoms with Gasteiger partial charge in [-0.3, -0.25) is 4.90 Å². The van der Waals surface area contributed by atoms with Gasteiger partial charge in [0, 0.05) is 24.7 Å². The first kappa shape index (κ1) is 13.6. The number of rotatable bonds is 3. The Balaban J connectivity index is 2.01. The largest absolute Gasteiger partial charge is 0.314 e. The normalized spacial score (nSPS) is 21.8.